The van der Waals surface area contributed by atoms with Crippen LogP contribution in [-0.4, -0.2) is 11.7 Å². The largest absolute Gasteiger partial charge is 0.294 e. The third kappa shape index (κ3) is 2.53. The summed E-state index contributed by atoms with van der Waals surface area (Å²) >= 11 is 13.7. The molecule has 0 aliphatic carbocycles. The maximum absolute atomic E-state index is 12.2. The van der Waals surface area contributed by atoms with Crippen molar-refractivity contribution < 1.29 is 4.79 Å². The first kappa shape index (κ1) is 13.8. The van der Waals surface area contributed by atoms with E-state index in [1.165, 1.54) is 0 Å². The van der Waals surface area contributed by atoms with Gasteiger partial charge in [0, 0.05) is 5.02 Å². The van der Waals surface area contributed by atoms with Gasteiger partial charge in [0.2, 0.25) is 5.91 Å². The highest BCUT2D eigenvalue weighted by Crippen LogP contribution is 2.43. The van der Waals surface area contributed by atoms with Crippen molar-refractivity contribution in [3.8, 4) is 0 Å². The Kier molecular flexibility index (Phi) is 3.92. The molecule has 0 radical (unpaired) electrons. The van der Waals surface area contributed by atoms with Crippen LogP contribution < -0.4 is 4.90 Å². The molecule has 20 heavy (non-hydrogen) atoms. The molecule has 0 aromatic heterocycles. The molecule has 102 valence electrons. The highest BCUT2D eigenvalue weighted by Gasteiger charge is 2.34. The van der Waals surface area contributed by atoms with Crippen LogP contribution in [-0.2, 0) is 4.79 Å². The second-order valence-corrected chi connectivity index (χ2v) is 6.34. The van der Waals surface area contributed by atoms with Gasteiger partial charge in [0.1, 0.15) is 5.37 Å². The normalized spacial score (nSPS) is 18.6. The summed E-state index contributed by atoms with van der Waals surface area (Å²) in [5.74, 6) is 0.529. The van der Waals surface area contributed by atoms with Crippen molar-refractivity contribution >= 4 is 46.6 Å². The van der Waals surface area contributed by atoms with E-state index in [1.807, 2.05) is 42.5 Å². The van der Waals surface area contributed by atoms with E-state index < -0.39 is 0 Å². The molecule has 1 atom stereocenters. The smallest absolute Gasteiger partial charge is 0.238 e. The number of rotatable bonds is 2. The molecular weight excluding hydrogens is 313 g/mol. The molecule has 1 saturated heterocycles. The van der Waals surface area contributed by atoms with Crippen LogP contribution in [0.15, 0.2) is 48.5 Å². The molecule has 5 heteroatoms. The molecule has 0 saturated carbocycles. The number of halogens is 2. The van der Waals surface area contributed by atoms with E-state index >= 15 is 0 Å². The predicted octanol–water partition coefficient (Wildman–Crippen LogP) is 4.77. The van der Waals surface area contributed by atoms with Crippen LogP contribution in [0.3, 0.4) is 0 Å². The average molecular weight is 324 g/mol. The van der Waals surface area contributed by atoms with Gasteiger partial charge in [-0.1, -0.05) is 47.5 Å². The van der Waals surface area contributed by atoms with E-state index in [1.54, 1.807) is 22.7 Å². The molecule has 2 aromatic rings. The van der Waals surface area contributed by atoms with Crippen LogP contribution in [0.25, 0.3) is 0 Å². The molecule has 1 fully saturated rings. The number of anilines is 1. The van der Waals surface area contributed by atoms with Crippen molar-refractivity contribution in [1.29, 1.82) is 0 Å². The van der Waals surface area contributed by atoms with Crippen LogP contribution in [0.4, 0.5) is 5.69 Å². The summed E-state index contributed by atoms with van der Waals surface area (Å²) in [6.45, 7) is 0. The lowest BCUT2D eigenvalue weighted by atomic mass is 10.2. The Morgan fingerprint density at radius 2 is 1.75 bits per heavy atom. The molecule has 0 N–H and O–H groups in total. The maximum atomic E-state index is 12.2. The minimum atomic E-state index is -0.0559. The Morgan fingerprint density at radius 3 is 2.45 bits per heavy atom. The highest BCUT2D eigenvalue weighted by molar-refractivity contribution is 8.00. The van der Waals surface area contributed by atoms with Crippen molar-refractivity contribution in [3.63, 3.8) is 0 Å². The molecule has 3 rings (SSSR count). The third-order valence-electron chi connectivity index (χ3n) is 3.14. The Labute approximate surface area is 131 Å². The minimum absolute atomic E-state index is 0.0559. The van der Waals surface area contributed by atoms with E-state index in [2.05, 4.69) is 0 Å². The van der Waals surface area contributed by atoms with Gasteiger partial charge in [0.05, 0.1) is 16.5 Å². The van der Waals surface area contributed by atoms with Gasteiger partial charge >= 0.3 is 0 Å². The molecule has 1 amide bonds. The van der Waals surface area contributed by atoms with E-state index in [0.29, 0.717) is 15.8 Å². The second-order valence-electron chi connectivity index (χ2n) is 4.43. The highest BCUT2D eigenvalue weighted by atomic mass is 35.5. The van der Waals surface area contributed by atoms with Crippen molar-refractivity contribution in [2.45, 2.75) is 5.37 Å². The van der Waals surface area contributed by atoms with E-state index in [4.69, 9.17) is 23.2 Å². The second kappa shape index (κ2) is 5.68. The number of para-hydroxylation sites is 1. The van der Waals surface area contributed by atoms with Gasteiger partial charge in [-0.25, -0.2) is 0 Å². The molecule has 0 unspecified atom stereocenters. The molecule has 0 bridgehead atoms. The van der Waals surface area contributed by atoms with E-state index in [0.717, 1.165) is 11.3 Å². The summed E-state index contributed by atoms with van der Waals surface area (Å²) in [7, 11) is 0. The standard InChI is InChI=1S/C15H11Cl2NOS/c16-11-7-5-10(6-8-11)15-18(14(19)9-20-15)13-4-2-1-3-12(13)17/h1-8,15H,9H2/t15-/m0/s1. The van der Waals surface area contributed by atoms with Crippen LogP contribution in [0, 0.1) is 0 Å². The number of amides is 1. The Bertz CT molecular complexity index is 645. The Morgan fingerprint density at radius 1 is 1.05 bits per heavy atom. The monoisotopic (exact) mass is 323 g/mol. The molecular formula is C15H11Cl2NOS. The number of hydrogen-bond donors (Lipinski definition) is 0. The molecule has 0 spiro atoms. The summed E-state index contributed by atoms with van der Waals surface area (Å²) in [5.41, 5.74) is 1.80. The van der Waals surface area contributed by atoms with Crippen LogP contribution in [0.1, 0.15) is 10.9 Å². The number of thioether (sulfide) groups is 1. The molecule has 1 aliphatic rings. The van der Waals surface area contributed by atoms with Crippen LogP contribution >= 0.6 is 35.0 Å². The molecule has 1 aliphatic heterocycles. The van der Waals surface area contributed by atoms with Crippen LogP contribution in [0.2, 0.25) is 10.0 Å². The van der Waals surface area contributed by atoms with Gasteiger partial charge in [-0.05, 0) is 29.8 Å². The zero-order chi connectivity index (χ0) is 14.1. The zero-order valence-electron chi connectivity index (χ0n) is 10.4. The SMILES string of the molecule is O=C1CS[C@@H](c2ccc(Cl)cc2)N1c1ccccc1Cl. The van der Waals surface area contributed by atoms with Gasteiger partial charge in [0.15, 0.2) is 0 Å². The first-order chi connectivity index (χ1) is 9.66. The summed E-state index contributed by atoms with van der Waals surface area (Å²) in [4.78, 5) is 14.0. The third-order valence-corrected chi connectivity index (χ3v) is 4.92. The molecule has 1 heterocycles. The Hall–Kier alpha value is -1.16. The lowest BCUT2D eigenvalue weighted by Crippen LogP contribution is -2.28. The quantitative estimate of drug-likeness (QED) is 0.793. The summed E-state index contributed by atoms with van der Waals surface area (Å²) in [5, 5.41) is 1.22. The first-order valence-corrected chi connectivity index (χ1v) is 7.91. The topological polar surface area (TPSA) is 20.3 Å². The molecule has 2 aromatic carbocycles. The molecule has 2 nitrogen and oxygen atoms in total. The number of benzene rings is 2. The number of carbonyl (C=O) groups is 1. The minimum Gasteiger partial charge on any atom is -0.294 e. The van der Waals surface area contributed by atoms with Gasteiger partial charge in [-0.2, -0.15) is 0 Å². The summed E-state index contributed by atoms with van der Waals surface area (Å²) in [6.07, 6.45) is 0. The van der Waals surface area contributed by atoms with Gasteiger partial charge < -0.3 is 0 Å². The predicted molar refractivity (Wildman–Crippen MR) is 85.6 cm³/mol. The zero-order valence-corrected chi connectivity index (χ0v) is 12.8. The maximum Gasteiger partial charge on any atom is 0.238 e. The van der Waals surface area contributed by atoms with Crippen molar-refractivity contribution in [2.24, 2.45) is 0 Å². The van der Waals surface area contributed by atoms with Crippen molar-refractivity contribution in [2.75, 3.05) is 10.7 Å². The lowest BCUT2D eigenvalue weighted by Gasteiger charge is -2.25. The number of hydrogen-bond acceptors (Lipinski definition) is 2. The van der Waals surface area contributed by atoms with Crippen molar-refractivity contribution in [1.82, 2.24) is 0 Å². The summed E-state index contributed by atoms with van der Waals surface area (Å²) in [6, 6.07) is 15.0. The van der Waals surface area contributed by atoms with Crippen LogP contribution in [0.5, 0.6) is 0 Å². The fourth-order valence-electron chi connectivity index (χ4n) is 2.21. The van der Waals surface area contributed by atoms with E-state index in [-0.39, 0.29) is 11.3 Å². The van der Waals surface area contributed by atoms with Gasteiger partial charge in [-0.15, -0.1) is 11.8 Å². The van der Waals surface area contributed by atoms with Crippen molar-refractivity contribution in [3.05, 3.63) is 64.1 Å². The lowest BCUT2D eigenvalue weighted by molar-refractivity contribution is -0.115. The Balaban J connectivity index is 2.01. The number of carbonyl (C=O) groups excluding carboxylic acids is 1. The fourth-order valence-corrected chi connectivity index (χ4v) is 3.73. The number of nitrogens with zero attached hydrogens (tertiary/aromatic N) is 1. The fraction of sp³-hybridized carbons (Fsp3) is 0.133. The summed E-state index contributed by atoms with van der Waals surface area (Å²) < 4.78 is 0. The average Bonchev–Trinajstić information content (AvgIpc) is 2.82. The van der Waals surface area contributed by atoms with Gasteiger partial charge in [0.25, 0.3) is 0 Å². The first-order valence-electron chi connectivity index (χ1n) is 6.10. The van der Waals surface area contributed by atoms with Gasteiger partial charge in [-0.3, -0.25) is 9.69 Å². The van der Waals surface area contributed by atoms with E-state index in [9.17, 15) is 4.79 Å².